The zero-order valence-electron chi connectivity index (χ0n) is 31.7. The van der Waals surface area contributed by atoms with Crippen LogP contribution in [0.4, 0.5) is 0 Å². The molecule has 0 saturated heterocycles. The van der Waals surface area contributed by atoms with Crippen molar-refractivity contribution in [3.63, 3.8) is 0 Å². The van der Waals surface area contributed by atoms with E-state index in [1.54, 1.807) is 0 Å². The van der Waals surface area contributed by atoms with Gasteiger partial charge >= 0.3 is 0 Å². The van der Waals surface area contributed by atoms with Gasteiger partial charge in [0.15, 0.2) is 17.5 Å². The molecule has 9 nitrogen and oxygen atoms in total. The lowest BCUT2D eigenvalue weighted by Gasteiger charge is -2.10. The molecule has 0 radical (unpaired) electrons. The summed E-state index contributed by atoms with van der Waals surface area (Å²) >= 11 is 0. The third-order valence-electron chi connectivity index (χ3n) is 10.6. The van der Waals surface area contributed by atoms with Gasteiger partial charge in [-0.3, -0.25) is 0 Å². The van der Waals surface area contributed by atoms with Crippen LogP contribution in [0.3, 0.4) is 0 Å². The summed E-state index contributed by atoms with van der Waals surface area (Å²) in [4.78, 5) is 33.3. The Balaban J connectivity index is 1.03. The number of hydrogen-bond donors (Lipinski definition) is 1. The zero-order valence-corrected chi connectivity index (χ0v) is 31.7. The van der Waals surface area contributed by atoms with E-state index in [0.29, 0.717) is 17.5 Å². The van der Waals surface area contributed by atoms with Gasteiger partial charge in [0.25, 0.3) is 0 Å². The second-order valence-corrected chi connectivity index (χ2v) is 14.6. The van der Waals surface area contributed by atoms with Crippen molar-refractivity contribution >= 4 is 33.1 Å². The Labute approximate surface area is 323 Å². The van der Waals surface area contributed by atoms with E-state index in [1.807, 2.05) is 12.1 Å². The number of H-pyrrole nitrogens is 1. The van der Waals surface area contributed by atoms with Crippen LogP contribution >= 0.6 is 0 Å². The Morgan fingerprint density at radius 1 is 0.375 bits per heavy atom. The lowest BCUT2D eigenvalue weighted by atomic mass is 10.1. The van der Waals surface area contributed by atoms with Crippen LogP contribution in [0.2, 0.25) is 0 Å². The fourth-order valence-electron chi connectivity index (χ4n) is 7.47. The molecule has 0 amide bonds. The van der Waals surface area contributed by atoms with Crippen molar-refractivity contribution in [2.75, 3.05) is 0 Å². The topological polar surface area (TPSA) is 103 Å². The van der Waals surface area contributed by atoms with Gasteiger partial charge in [-0.25, -0.2) is 29.9 Å². The number of benzene rings is 6. The van der Waals surface area contributed by atoms with Crippen molar-refractivity contribution in [3.05, 3.63) is 144 Å². The van der Waals surface area contributed by atoms with Crippen molar-refractivity contribution in [2.24, 2.45) is 14.1 Å². The highest BCUT2D eigenvalue weighted by Crippen LogP contribution is 2.31. The van der Waals surface area contributed by atoms with Gasteiger partial charge in [-0.1, -0.05) is 91.0 Å². The highest BCUT2D eigenvalue weighted by atomic mass is 15.1. The molecule has 0 atom stereocenters. The summed E-state index contributed by atoms with van der Waals surface area (Å²) in [5.41, 5.74) is 15.3. The number of nitrogens with zero attached hydrogens (tertiary/aromatic N) is 8. The number of rotatable bonds is 6. The molecule has 4 aromatic heterocycles. The molecule has 0 aliphatic carbocycles. The third kappa shape index (κ3) is 5.81. The first-order chi connectivity index (χ1) is 27.2. The molecule has 0 unspecified atom stereocenters. The van der Waals surface area contributed by atoms with E-state index in [1.165, 1.54) is 16.7 Å². The Kier molecular flexibility index (Phi) is 7.71. The van der Waals surface area contributed by atoms with E-state index in [2.05, 4.69) is 164 Å². The molecule has 270 valence electrons. The first-order valence-corrected chi connectivity index (χ1v) is 18.7. The molecule has 10 rings (SSSR count). The van der Waals surface area contributed by atoms with E-state index in [-0.39, 0.29) is 0 Å². The molecule has 56 heavy (non-hydrogen) atoms. The van der Waals surface area contributed by atoms with Gasteiger partial charge in [0.05, 0.1) is 33.1 Å². The number of hydrogen-bond acceptors (Lipinski definition) is 6. The summed E-state index contributed by atoms with van der Waals surface area (Å²) in [6.45, 7) is 6.26. The molecule has 9 heteroatoms. The quantitative estimate of drug-likeness (QED) is 0.183. The van der Waals surface area contributed by atoms with Gasteiger partial charge in [-0.05, 0) is 73.9 Å². The highest BCUT2D eigenvalue weighted by molar-refractivity contribution is 5.84. The number of nitrogens with one attached hydrogen (secondary N) is 1. The van der Waals surface area contributed by atoms with Gasteiger partial charge in [0.2, 0.25) is 0 Å². The van der Waals surface area contributed by atoms with E-state index >= 15 is 0 Å². The van der Waals surface area contributed by atoms with Crippen LogP contribution < -0.4 is 0 Å². The monoisotopic (exact) mass is 727 g/mol. The standard InChI is InChI=1S/C47H37N9/c1-27-6-21-36-37(24-27)49-42(48-36)30-9-11-31(12-10-30)43-52-44(32-13-17-34(18-14-32)46-50-38-25-28(2)7-22-40(38)55(46)4)54-45(53-43)33-15-19-35(20-16-33)47-51-39-26-29(3)8-23-41(39)56(47)5/h6-26H,1-5H3,(H,48,49). The molecular weight excluding hydrogens is 691 g/mol. The maximum atomic E-state index is 5.05. The SMILES string of the molecule is Cc1ccc2[nH]c(-c3ccc(-c4nc(-c5ccc(-c6nc7cc(C)ccc7n6C)cc5)nc(-c5ccc(-c6nc7cc(C)ccc7n6C)cc5)n4)cc3)nc2c1. The highest BCUT2D eigenvalue weighted by Gasteiger charge is 2.17. The first kappa shape index (κ1) is 33.3. The van der Waals surface area contributed by atoms with Crippen molar-refractivity contribution in [1.29, 1.82) is 0 Å². The minimum Gasteiger partial charge on any atom is -0.338 e. The summed E-state index contributed by atoms with van der Waals surface area (Å²) in [5, 5.41) is 0. The summed E-state index contributed by atoms with van der Waals surface area (Å²) in [6.07, 6.45) is 0. The van der Waals surface area contributed by atoms with Gasteiger partial charge in [-0.15, -0.1) is 0 Å². The fraction of sp³-hybridized carbons (Fsp3) is 0.106. The van der Waals surface area contributed by atoms with Crippen LogP contribution in [0.15, 0.2) is 127 Å². The molecule has 1 N–H and O–H groups in total. The number of aryl methyl sites for hydroxylation is 5. The van der Waals surface area contributed by atoms with Crippen LogP contribution in [0.25, 0.3) is 101 Å². The van der Waals surface area contributed by atoms with Crippen molar-refractivity contribution in [3.8, 4) is 68.3 Å². The normalized spacial score (nSPS) is 11.7. The minimum atomic E-state index is 0.585. The van der Waals surface area contributed by atoms with Gasteiger partial charge in [0, 0.05) is 47.5 Å². The number of fused-ring (bicyclic) bond motifs is 3. The maximum absolute atomic E-state index is 5.05. The third-order valence-corrected chi connectivity index (χ3v) is 10.6. The van der Waals surface area contributed by atoms with E-state index < -0.39 is 0 Å². The second-order valence-electron chi connectivity index (χ2n) is 14.6. The summed E-state index contributed by atoms with van der Waals surface area (Å²) in [6, 6.07) is 43.8. The Morgan fingerprint density at radius 2 is 0.750 bits per heavy atom. The molecular formula is C47H37N9. The lowest BCUT2D eigenvalue weighted by molar-refractivity contribution is 0.959. The smallest absolute Gasteiger partial charge is 0.164 e. The van der Waals surface area contributed by atoms with E-state index in [0.717, 1.165) is 84.0 Å². The average Bonchev–Trinajstić information content (AvgIpc) is 3.90. The molecule has 0 fully saturated rings. The fourth-order valence-corrected chi connectivity index (χ4v) is 7.47. The largest absolute Gasteiger partial charge is 0.338 e. The average molecular weight is 728 g/mol. The predicted molar refractivity (Wildman–Crippen MR) is 225 cm³/mol. The molecule has 0 aliphatic rings. The van der Waals surface area contributed by atoms with E-state index in [4.69, 9.17) is 29.9 Å². The molecule has 10 aromatic rings. The van der Waals surface area contributed by atoms with E-state index in [9.17, 15) is 0 Å². The van der Waals surface area contributed by atoms with Crippen molar-refractivity contribution < 1.29 is 0 Å². The second kappa shape index (κ2) is 13.0. The molecule has 0 aliphatic heterocycles. The summed E-state index contributed by atoms with van der Waals surface area (Å²) < 4.78 is 4.27. The van der Waals surface area contributed by atoms with Crippen LogP contribution in [-0.2, 0) is 14.1 Å². The summed E-state index contributed by atoms with van der Waals surface area (Å²) in [5.74, 6) is 4.39. The Morgan fingerprint density at radius 3 is 1.20 bits per heavy atom. The minimum absolute atomic E-state index is 0.585. The van der Waals surface area contributed by atoms with Crippen LogP contribution in [0.5, 0.6) is 0 Å². The first-order valence-electron chi connectivity index (χ1n) is 18.7. The van der Waals surface area contributed by atoms with Crippen LogP contribution in [0, 0.1) is 20.8 Å². The molecule has 0 saturated carbocycles. The van der Waals surface area contributed by atoms with Crippen molar-refractivity contribution in [2.45, 2.75) is 20.8 Å². The van der Waals surface area contributed by atoms with Crippen LogP contribution in [-0.4, -0.2) is 44.0 Å². The van der Waals surface area contributed by atoms with Crippen LogP contribution in [0.1, 0.15) is 16.7 Å². The predicted octanol–water partition coefficient (Wildman–Crippen LogP) is 10.4. The van der Waals surface area contributed by atoms with Crippen molar-refractivity contribution in [1.82, 2.24) is 44.0 Å². The van der Waals surface area contributed by atoms with Gasteiger partial charge in [0.1, 0.15) is 17.5 Å². The maximum Gasteiger partial charge on any atom is 0.164 e. The van der Waals surface area contributed by atoms with Gasteiger partial charge < -0.3 is 14.1 Å². The number of imidazole rings is 3. The Bertz CT molecular complexity index is 2960. The molecule has 0 bridgehead atoms. The molecule has 0 spiro atoms. The Hall–Kier alpha value is -7.26. The lowest BCUT2D eigenvalue weighted by Crippen LogP contribution is -2.00. The number of aromatic amines is 1. The van der Waals surface area contributed by atoms with Gasteiger partial charge in [-0.2, -0.15) is 0 Å². The summed E-state index contributed by atoms with van der Waals surface area (Å²) in [7, 11) is 4.11. The molecule has 4 heterocycles. The molecule has 6 aromatic carbocycles. The zero-order chi connectivity index (χ0) is 38.1. The number of aromatic nitrogens is 9.